The number of hydrogen-bond acceptors (Lipinski definition) is 4. The molecular weight excluding hydrogens is 575 g/mol. The standard InChI is InChI=1S/C32H39F5N2O2.ClH/c33-31(34)12-9-23(10-13-31)28-15-24(22-5-2-1-3-6-22)11-14-39(28)17-25-16-38-19-30(25)20-40-18-26-27(30)7-4-8-29(26)41-21-32(35,36)37;/h1-8,23-25,28,38H,9-21H2;1H/p-1/t24-,25+,28+,30+;/m1./s1. The first-order chi connectivity index (χ1) is 19.6. The van der Waals surface area contributed by atoms with Gasteiger partial charge < -0.3 is 27.2 Å². The third-order valence-electron chi connectivity index (χ3n) is 10.1. The van der Waals surface area contributed by atoms with Crippen molar-refractivity contribution in [3.8, 4) is 5.75 Å². The highest BCUT2D eigenvalue weighted by atomic mass is 35.5. The van der Waals surface area contributed by atoms with Gasteiger partial charge >= 0.3 is 6.18 Å². The second-order valence-electron chi connectivity index (χ2n) is 12.6. The molecule has 3 fully saturated rings. The summed E-state index contributed by atoms with van der Waals surface area (Å²) in [7, 11) is 0. The van der Waals surface area contributed by atoms with E-state index in [1.165, 1.54) is 5.56 Å². The van der Waals surface area contributed by atoms with Crippen LogP contribution in [-0.4, -0.2) is 62.4 Å². The highest BCUT2D eigenvalue weighted by molar-refractivity contribution is 5.47. The summed E-state index contributed by atoms with van der Waals surface area (Å²) in [6.45, 7) is 2.50. The summed E-state index contributed by atoms with van der Waals surface area (Å²) in [5, 5.41) is 3.55. The van der Waals surface area contributed by atoms with Gasteiger partial charge in [0.1, 0.15) is 5.75 Å². The summed E-state index contributed by atoms with van der Waals surface area (Å²) in [6, 6.07) is 16.1. The van der Waals surface area contributed by atoms with Gasteiger partial charge in [-0.2, -0.15) is 13.2 Å². The molecule has 2 saturated heterocycles. The Morgan fingerprint density at radius 2 is 1.76 bits per heavy atom. The van der Waals surface area contributed by atoms with E-state index in [1.54, 1.807) is 12.1 Å². The van der Waals surface area contributed by atoms with Crippen molar-refractivity contribution in [1.82, 2.24) is 10.2 Å². The first-order valence-corrected chi connectivity index (χ1v) is 14.9. The quantitative estimate of drug-likeness (QED) is 0.504. The van der Waals surface area contributed by atoms with Crippen LogP contribution in [0.1, 0.15) is 61.1 Å². The lowest BCUT2D eigenvalue weighted by atomic mass is 9.69. The Kier molecular flexibility index (Phi) is 9.43. The normalized spacial score (nSPS) is 30.1. The summed E-state index contributed by atoms with van der Waals surface area (Å²) >= 11 is 0. The maximum Gasteiger partial charge on any atom is 0.422 e. The molecule has 42 heavy (non-hydrogen) atoms. The number of alkyl halides is 5. The number of halogens is 6. The predicted octanol–water partition coefficient (Wildman–Crippen LogP) is 3.69. The third-order valence-corrected chi connectivity index (χ3v) is 10.1. The fourth-order valence-electron chi connectivity index (χ4n) is 7.94. The molecule has 6 rings (SSSR count). The number of nitrogens with one attached hydrogen (secondary N) is 1. The minimum atomic E-state index is -4.42. The van der Waals surface area contributed by atoms with Crippen LogP contribution in [0.3, 0.4) is 0 Å². The fourth-order valence-corrected chi connectivity index (χ4v) is 7.94. The Bertz CT molecular complexity index is 1190. The summed E-state index contributed by atoms with van der Waals surface area (Å²) in [5.41, 5.74) is 2.64. The molecular formula is C32H39ClF5N2O2-. The Morgan fingerprint density at radius 3 is 2.50 bits per heavy atom. The van der Waals surface area contributed by atoms with E-state index < -0.39 is 18.7 Å². The molecule has 3 aliphatic heterocycles. The van der Waals surface area contributed by atoms with Crippen LogP contribution in [0.4, 0.5) is 22.0 Å². The van der Waals surface area contributed by atoms with E-state index in [1.807, 2.05) is 12.1 Å². The summed E-state index contributed by atoms with van der Waals surface area (Å²) in [6.07, 6.45) is -1.47. The molecule has 2 aromatic rings. The molecule has 10 heteroatoms. The highest BCUT2D eigenvalue weighted by Gasteiger charge is 2.50. The van der Waals surface area contributed by atoms with Crippen molar-refractivity contribution in [2.75, 3.05) is 39.4 Å². The average Bonchev–Trinajstić information content (AvgIpc) is 3.34. The molecule has 1 aliphatic carbocycles. The molecule has 232 valence electrons. The van der Waals surface area contributed by atoms with Crippen molar-refractivity contribution in [3.05, 3.63) is 65.2 Å². The first kappa shape index (κ1) is 31.5. The number of fused-ring (bicyclic) bond motifs is 2. The van der Waals surface area contributed by atoms with Gasteiger partial charge in [0.15, 0.2) is 6.61 Å². The molecule has 3 heterocycles. The van der Waals surface area contributed by atoms with Gasteiger partial charge in [-0.05, 0) is 67.2 Å². The number of hydrogen-bond donors (Lipinski definition) is 1. The van der Waals surface area contributed by atoms with Crippen LogP contribution in [0.15, 0.2) is 48.5 Å². The molecule has 1 saturated carbocycles. The Hall–Kier alpha value is -1.94. The zero-order chi connectivity index (χ0) is 28.7. The summed E-state index contributed by atoms with van der Waals surface area (Å²) in [5.74, 6) is -1.54. The number of ether oxygens (including phenoxy) is 2. The van der Waals surface area contributed by atoms with Crippen LogP contribution in [0.2, 0.25) is 0 Å². The topological polar surface area (TPSA) is 33.7 Å². The molecule has 1 spiro atoms. The van der Waals surface area contributed by atoms with Gasteiger partial charge in [-0.1, -0.05) is 42.5 Å². The maximum atomic E-state index is 14.1. The minimum absolute atomic E-state index is 0. The van der Waals surface area contributed by atoms with Crippen LogP contribution in [0.25, 0.3) is 0 Å². The van der Waals surface area contributed by atoms with E-state index in [-0.39, 0.29) is 60.9 Å². The van der Waals surface area contributed by atoms with Gasteiger partial charge in [-0.15, -0.1) is 0 Å². The molecule has 4 atom stereocenters. The molecule has 4 nitrogen and oxygen atoms in total. The number of likely N-dealkylation sites (tertiary alicyclic amines) is 1. The SMILES string of the molecule is FC(F)(F)COc1cccc2c1COC[C@]21CNC[C@H]1CN1CC[C@@H](c2ccccc2)C[C@H]1C1CCC(F)(F)CC1.[Cl-]. The number of rotatable bonds is 6. The molecule has 2 aromatic carbocycles. The monoisotopic (exact) mass is 613 g/mol. The Labute approximate surface area is 250 Å². The highest BCUT2D eigenvalue weighted by Crippen LogP contribution is 2.47. The predicted molar refractivity (Wildman–Crippen MR) is 146 cm³/mol. The summed E-state index contributed by atoms with van der Waals surface area (Å²) in [4.78, 5) is 2.55. The van der Waals surface area contributed by atoms with Crippen LogP contribution in [-0.2, 0) is 16.8 Å². The maximum absolute atomic E-state index is 14.1. The van der Waals surface area contributed by atoms with Crippen molar-refractivity contribution >= 4 is 0 Å². The van der Waals surface area contributed by atoms with E-state index in [0.29, 0.717) is 37.5 Å². The van der Waals surface area contributed by atoms with Crippen LogP contribution in [0, 0.1) is 11.8 Å². The zero-order valence-corrected chi connectivity index (χ0v) is 24.4. The Balaban J connectivity index is 0.00000353. The van der Waals surface area contributed by atoms with Crippen LogP contribution in [0.5, 0.6) is 5.75 Å². The molecule has 1 N–H and O–H groups in total. The van der Waals surface area contributed by atoms with Gasteiger partial charge in [-0.3, -0.25) is 4.90 Å². The largest absolute Gasteiger partial charge is 1.00 e. The van der Waals surface area contributed by atoms with E-state index >= 15 is 0 Å². The van der Waals surface area contributed by atoms with Gasteiger partial charge in [-0.25, -0.2) is 8.78 Å². The lowest BCUT2D eigenvalue weighted by Crippen LogP contribution is -3.00. The van der Waals surface area contributed by atoms with Crippen LogP contribution < -0.4 is 22.5 Å². The molecule has 0 amide bonds. The smallest absolute Gasteiger partial charge is 0.422 e. The van der Waals surface area contributed by atoms with E-state index in [0.717, 1.165) is 38.0 Å². The first-order valence-electron chi connectivity index (χ1n) is 14.9. The molecule has 0 bridgehead atoms. The van der Waals surface area contributed by atoms with Crippen molar-refractivity contribution in [2.24, 2.45) is 11.8 Å². The number of benzene rings is 2. The molecule has 4 aliphatic rings. The van der Waals surface area contributed by atoms with Crippen molar-refractivity contribution < 1.29 is 43.8 Å². The average molecular weight is 614 g/mol. The van der Waals surface area contributed by atoms with Crippen molar-refractivity contribution in [2.45, 2.75) is 74.6 Å². The lowest BCUT2D eigenvalue weighted by molar-refractivity contribution is -0.153. The molecule has 0 radical (unpaired) electrons. The second-order valence-corrected chi connectivity index (χ2v) is 12.6. The summed E-state index contributed by atoms with van der Waals surface area (Å²) < 4.78 is 78.4. The molecule has 0 unspecified atom stereocenters. The minimum Gasteiger partial charge on any atom is -1.00 e. The van der Waals surface area contributed by atoms with Gasteiger partial charge in [0.25, 0.3) is 0 Å². The fraction of sp³-hybridized carbons (Fsp3) is 0.625. The third kappa shape index (κ3) is 6.59. The van der Waals surface area contributed by atoms with Crippen LogP contribution >= 0.6 is 0 Å². The van der Waals surface area contributed by atoms with E-state index in [4.69, 9.17) is 9.47 Å². The van der Waals surface area contributed by atoms with Gasteiger partial charge in [0.05, 0.1) is 13.2 Å². The van der Waals surface area contributed by atoms with Gasteiger partial charge in [0.2, 0.25) is 5.92 Å². The number of piperidine rings is 1. The van der Waals surface area contributed by atoms with Crippen molar-refractivity contribution in [3.63, 3.8) is 0 Å². The van der Waals surface area contributed by atoms with Gasteiger partial charge in [0, 0.05) is 49.5 Å². The molecule has 0 aromatic heterocycles. The Morgan fingerprint density at radius 1 is 1.00 bits per heavy atom. The zero-order valence-electron chi connectivity index (χ0n) is 23.7. The van der Waals surface area contributed by atoms with E-state index in [9.17, 15) is 22.0 Å². The number of nitrogens with zero attached hydrogens (tertiary/aromatic N) is 1. The van der Waals surface area contributed by atoms with Crippen molar-refractivity contribution in [1.29, 1.82) is 0 Å². The lowest BCUT2D eigenvalue weighted by Gasteiger charge is -2.48. The second kappa shape index (κ2) is 12.6. The van der Waals surface area contributed by atoms with E-state index in [2.05, 4.69) is 34.5 Å².